The first-order valence-corrected chi connectivity index (χ1v) is 10.7. The maximum Gasteiger partial charge on any atom is 0.0339 e. The number of rotatable bonds is 9. The van der Waals surface area contributed by atoms with Gasteiger partial charge in [0.2, 0.25) is 0 Å². The molecule has 0 heterocycles. The van der Waals surface area contributed by atoms with Crippen molar-refractivity contribution in [3.8, 4) is 0 Å². The first-order valence-electron chi connectivity index (χ1n) is 10.7. The Morgan fingerprint density at radius 3 is 1.14 bits per heavy atom. The van der Waals surface area contributed by atoms with Crippen LogP contribution in [0.4, 0.5) is 0 Å². The topological polar surface area (TPSA) is 12.0 Å². The van der Waals surface area contributed by atoms with Crippen LogP contribution < -0.4 is 5.32 Å². The highest BCUT2D eigenvalue weighted by Crippen LogP contribution is 2.31. The van der Waals surface area contributed by atoms with E-state index in [1.807, 2.05) is 0 Å². The van der Waals surface area contributed by atoms with Gasteiger partial charge in [0.05, 0.1) is 0 Å². The van der Waals surface area contributed by atoms with Crippen LogP contribution in [0.1, 0.15) is 62.1 Å². The van der Waals surface area contributed by atoms with E-state index in [4.69, 9.17) is 0 Å². The number of nitrogens with one attached hydrogen (secondary N) is 1. The van der Waals surface area contributed by atoms with Crippen molar-refractivity contribution in [3.05, 3.63) is 108 Å². The Morgan fingerprint density at radius 2 is 0.857 bits per heavy atom. The third-order valence-electron chi connectivity index (χ3n) is 4.81. The van der Waals surface area contributed by atoms with E-state index in [1.54, 1.807) is 0 Å². The van der Waals surface area contributed by atoms with Crippen molar-refractivity contribution in [2.24, 2.45) is 0 Å². The molecule has 0 saturated heterocycles. The predicted molar refractivity (Wildman–Crippen MR) is 123 cm³/mol. The molecule has 0 spiro atoms. The van der Waals surface area contributed by atoms with E-state index < -0.39 is 0 Å². The fourth-order valence-electron chi connectivity index (χ4n) is 3.24. The molecule has 1 N–H and O–H groups in total. The van der Waals surface area contributed by atoms with Crippen LogP contribution in [0.5, 0.6) is 0 Å². The summed E-state index contributed by atoms with van der Waals surface area (Å²) in [5.74, 6) is 0.309. The third-order valence-corrected chi connectivity index (χ3v) is 4.81. The van der Waals surface area contributed by atoms with E-state index in [1.165, 1.54) is 55.5 Å². The summed E-state index contributed by atoms with van der Waals surface area (Å²) in [6, 6.07) is 32.0. The average Bonchev–Trinajstić information content (AvgIpc) is 2.77. The van der Waals surface area contributed by atoms with E-state index in [9.17, 15) is 0 Å². The fraction of sp³-hybridized carbons (Fsp3) is 0.333. The van der Waals surface area contributed by atoms with Gasteiger partial charge < -0.3 is 5.32 Å². The SMILES string of the molecule is CCCCNCCCC.c1ccc(C(c2ccccc2)c2ccccc2)cc1. The number of unbranched alkanes of at least 4 members (excludes halogenated alkanes) is 2. The van der Waals surface area contributed by atoms with E-state index >= 15 is 0 Å². The molecule has 0 saturated carbocycles. The molecule has 0 aliphatic heterocycles. The van der Waals surface area contributed by atoms with E-state index in [0.717, 1.165) is 0 Å². The van der Waals surface area contributed by atoms with Gasteiger partial charge in [-0.3, -0.25) is 0 Å². The summed E-state index contributed by atoms with van der Waals surface area (Å²) in [6.45, 7) is 6.86. The lowest BCUT2D eigenvalue weighted by atomic mass is 9.85. The van der Waals surface area contributed by atoms with Crippen LogP contribution in [0.2, 0.25) is 0 Å². The Balaban J connectivity index is 0.000000266. The van der Waals surface area contributed by atoms with Crippen LogP contribution in [0.15, 0.2) is 91.0 Å². The summed E-state index contributed by atoms with van der Waals surface area (Å²) < 4.78 is 0. The minimum atomic E-state index is 0.309. The minimum Gasteiger partial charge on any atom is -0.317 e. The highest BCUT2D eigenvalue weighted by molar-refractivity contribution is 5.42. The molecule has 0 aromatic heterocycles. The van der Waals surface area contributed by atoms with Gasteiger partial charge in [0.1, 0.15) is 0 Å². The Bertz CT molecular complexity index is 622. The molecule has 0 aliphatic rings. The van der Waals surface area contributed by atoms with E-state index in [0.29, 0.717) is 5.92 Å². The quantitative estimate of drug-likeness (QED) is 0.313. The van der Waals surface area contributed by atoms with Crippen molar-refractivity contribution in [3.63, 3.8) is 0 Å². The standard InChI is InChI=1S/C19H16.C8H19N/c1-4-10-16(11-5-1)19(17-12-6-2-7-13-17)18-14-8-3-9-15-18;1-3-5-7-9-8-6-4-2/h1-15,19H;9H,3-8H2,1-2H3. The first kappa shape index (κ1) is 21.9. The van der Waals surface area contributed by atoms with Gasteiger partial charge in [0.25, 0.3) is 0 Å². The lowest BCUT2D eigenvalue weighted by molar-refractivity contribution is 0.611. The molecule has 0 unspecified atom stereocenters. The fourth-order valence-corrected chi connectivity index (χ4v) is 3.24. The van der Waals surface area contributed by atoms with E-state index in [2.05, 4.69) is 110 Å². The lowest BCUT2D eigenvalue weighted by Crippen LogP contribution is -2.15. The van der Waals surface area contributed by atoms with Crippen LogP contribution in [-0.4, -0.2) is 13.1 Å². The van der Waals surface area contributed by atoms with Gasteiger partial charge in [-0.05, 0) is 42.6 Å². The maximum absolute atomic E-state index is 3.39. The summed E-state index contributed by atoms with van der Waals surface area (Å²) in [5.41, 5.74) is 4.00. The van der Waals surface area contributed by atoms with Gasteiger partial charge in [-0.1, -0.05) is 118 Å². The average molecular weight is 374 g/mol. The molecule has 0 aliphatic carbocycles. The molecule has 148 valence electrons. The second-order valence-corrected chi connectivity index (χ2v) is 7.12. The highest BCUT2D eigenvalue weighted by Gasteiger charge is 2.15. The molecule has 3 aromatic rings. The van der Waals surface area contributed by atoms with Crippen molar-refractivity contribution < 1.29 is 0 Å². The van der Waals surface area contributed by atoms with Gasteiger partial charge in [0, 0.05) is 5.92 Å². The molecule has 0 radical (unpaired) electrons. The van der Waals surface area contributed by atoms with Crippen molar-refractivity contribution in [2.75, 3.05) is 13.1 Å². The van der Waals surface area contributed by atoms with Gasteiger partial charge >= 0.3 is 0 Å². The summed E-state index contributed by atoms with van der Waals surface area (Å²) >= 11 is 0. The first-order chi connectivity index (χ1) is 13.9. The summed E-state index contributed by atoms with van der Waals surface area (Å²) in [5, 5.41) is 3.39. The maximum atomic E-state index is 3.39. The van der Waals surface area contributed by atoms with E-state index in [-0.39, 0.29) is 0 Å². The zero-order valence-corrected chi connectivity index (χ0v) is 17.5. The molecular weight excluding hydrogens is 338 g/mol. The molecule has 1 nitrogen and oxygen atoms in total. The molecule has 0 bridgehead atoms. The second-order valence-electron chi connectivity index (χ2n) is 7.12. The Morgan fingerprint density at radius 1 is 0.536 bits per heavy atom. The minimum absolute atomic E-state index is 0.309. The zero-order chi connectivity index (χ0) is 19.9. The van der Waals surface area contributed by atoms with Gasteiger partial charge in [0.15, 0.2) is 0 Å². The van der Waals surface area contributed by atoms with Crippen LogP contribution in [0.3, 0.4) is 0 Å². The summed E-state index contributed by atoms with van der Waals surface area (Å²) in [7, 11) is 0. The molecule has 3 aromatic carbocycles. The summed E-state index contributed by atoms with van der Waals surface area (Å²) in [6.07, 6.45) is 5.26. The van der Waals surface area contributed by atoms with Crippen LogP contribution in [0.25, 0.3) is 0 Å². The second kappa shape index (κ2) is 13.7. The Labute approximate surface area is 171 Å². The Hall–Kier alpha value is -2.38. The molecule has 0 amide bonds. The van der Waals surface area contributed by atoms with Gasteiger partial charge in [-0.15, -0.1) is 0 Å². The molecule has 0 atom stereocenters. The Kier molecular flexibility index (Phi) is 10.8. The largest absolute Gasteiger partial charge is 0.317 e. The number of benzene rings is 3. The smallest absolute Gasteiger partial charge is 0.0339 e. The third kappa shape index (κ3) is 7.70. The normalized spacial score (nSPS) is 10.4. The molecule has 28 heavy (non-hydrogen) atoms. The van der Waals surface area contributed by atoms with Crippen molar-refractivity contribution in [1.82, 2.24) is 5.32 Å². The van der Waals surface area contributed by atoms with Crippen LogP contribution >= 0.6 is 0 Å². The monoisotopic (exact) mass is 373 g/mol. The molecule has 3 rings (SSSR count). The van der Waals surface area contributed by atoms with Crippen LogP contribution in [-0.2, 0) is 0 Å². The van der Waals surface area contributed by atoms with Crippen molar-refractivity contribution >= 4 is 0 Å². The van der Waals surface area contributed by atoms with Crippen molar-refractivity contribution in [2.45, 2.75) is 45.4 Å². The summed E-state index contributed by atoms with van der Waals surface area (Å²) in [4.78, 5) is 0. The zero-order valence-electron chi connectivity index (χ0n) is 17.5. The number of hydrogen-bond acceptors (Lipinski definition) is 1. The molecule has 0 fully saturated rings. The van der Waals surface area contributed by atoms with Gasteiger partial charge in [-0.25, -0.2) is 0 Å². The number of hydrogen-bond donors (Lipinski definition) is 1. The van der Waals surface area contributed by atoms with Crippen LogP contribution in [0, 0.1) is 0 Å². The molecule has 1 heteroatoms. The highest BCUT2D eigenvalue weighted by atomic mass is 14.8. The predicted octanol–water partition coefficient (Wildman–Crippen LogP) is 7.04. The lowest BCUT2D eigenvalue weighted by Gasteiger charge is -2.18. The molecular formula is C27H35N. The van der Waals surface area contributed by atoms with Crippen molar-refractivity contribution in [1.29, 1.82) is 0 Å². The van der Waals surface area contributed by atoms with Gasteiger partial charge in [-0.2, -0.15) is 0 Å².